The van der Waals surface area contributed by atoms with Crippen LogP contribution in [-0.2, 0) is 17.9 Å². The predicted molar refractivity (Wildman–Crippen MR) is 121 cm³/mol. The molecule has 2 aromatic carbocycles. The van der Waals surface area contributed by atoms with Crippen molar-refractivity contribution in [1.29, 1.82) is 0 Å². The second-order valence-electron chi connectivity index (χ2n) is 8.00. The van der Waals surface area contributed by atoms with Crippen molar-refractivity contribution in [2.75, 3.05) is 7.05 Å². The number of aromatic amines is 1. The first-order chi connectivity index (χ1) is 14.9. The van der Waals surface area contributed by atoms with Crippen LogP contribution in [0.5, 0.6) is 0 Å². The Morgan fingerprint density at radius 2 is 1.84 bits per heavy atom. The molecule has 0 unspecified atom stereocenters. The molecule has 0 bridgehead atoms. The van der Waals surface area contributed by atoms with Gasteiger partial charge in [0.15, 0.2) is 10.6 Å². The highest BCUT2D eigenvalue weighted by molar-refractivity contribution is 7.71. The number of hydrogen-bond acceptors (Lipinski definition) is 4. The lowest BCUT2D eigenvalue weighted by Gasteiger charge is -2.18. The molecule has 1 saturated carbocycles. The Kier molecular flexibility index (Phi) is 5.99. The number of aryl methyl sites for hydroxylation is 1. The molecule has 1 aliphatic rings. The second kappa shape index (κ2) is 8.85. The summed E-state index contributed by atoms with van der Waals surface area (Å²) in [5.41, 5.74) is 3.63. The van der Waals surface area contributed by atoms with Crippen molar-refractivity contribution in [3.05, 3.63) is 70.0 Å². The number of nitrogens with zero attached hydrogens (tertiary/aromatic N) is 3. The van der Waals surface area contributed by atoms with Gasteiger partial charge in [0.05, 0.1) is 0 Å². The van der Waals surface area contributed by atoms with Crippen LogP contribution in [0.15, 0.2) is 48.5 Å². The molecule has 0 aliphatic heterocycles. The van der Waals surface area contributed by atoms with Crippen molar-refractivity contribution in [2.45, 2.75) is 38.9 Å². The number of rotatable bonds is 7. The molecule has 160 valence electrons. The van der Waals surface area contributed by atoms with Crippen LogP contribution in [0.25, 0.3) is 11.4 Å². The van der Waals surface area contributed by atoms with E-state index in [9.17, 15) is 9.59 Å². The van der Waals surface area contributed by atoms with Crippen LogP contribution in [0.4, 0.5) is 0 Å². The number of likely N-dealkylation sites (N-methyl/N-ethyl adjacent to an activating group) is 1. The minimum atomic E-state index is -0.0820. The molecule has 1 heterocycles. The summed E-state index contributed by atoms with van der Waals surface area (Å²) in [6.07, 6.45) is 2.12. The van der Waals surface area contributed by atoms with Gasteiger partial charge in [-0.3, -0.25) is 19.3 Å². The number of aromatic nitrogens is 3. The van der Waals surface area contributed by atoms with Crippen LogP contribution >= 0.6 is 12.2 Å². The largest absolute Gasteiger partial charge is 0.349 e. The standard InChI is InChI=1S/C23H25N5O2S/c1-15-3-7-17(8-4-15)21-25-26-23(31)28(21)14-20(29)27(2)13-16-5-9-18(10-6-16)22(30)24-19-11-12-19/h3-10,19H,11-14H2,1-2H3,(H,24,30)(H,26,31). The fraction of sp³-hybridized carbons (Fsp3) is 0.304. The molecule has 0 saturated heterocycles. The molecule has 8 heteroatoms. The van der Waals surface area contributed by atoms with Gasteiger partial charge in [0, 0.05) is 30.8 Å². The first-order valence-corrected chi connectivity index (χ1v) is 10.7. The molecule has 2 N–H and O–H groups in total. The van der Waals surface area contributed by atoms with E-state index in [1.54, 1.807) is 28.6 Å². The summed E-state index contributed by atoms with van der Waals surface area (Å²) >= 11 is 5.34. The van der Waals surface area contributed by atoms with Crippen LogP contribution in [0.1, 0.15) is 34.3 Å². The summed E-state index contributed by atoms with van der Waals surface area (Å²) in [7, 11) is 1.76. The lowest BCUT2D eigenvalue weighted by Crippen LogP contribution is -2.30. The monoisotopic (exact) mass is 435 g/mol. The van der Waals surface area contributed by atoms with Crippen LogP contribution < -0.4 is 5.32 Å². The lowest BCUT2D eigenvalue weighted by molar-refractivity contribution is -0.131. The Bertz CT molecular complexity index is 1140. The summed E-state index contributed by atoms with van der Waals surface area (Å²) in [5.74, 6) is 0.510. The van der Waals surface area contributed by atoms with Crippen molar-refractivity contribution in [3.8, 4) is 11.4 Å². The number of carbonyl (C=O) groups is 2. The van der Waals surface area contributed by atoms with Crippen molar-refractivity contribution >= 4 is 24.0 Å². The normalized spacial score (nSPS) is 13.1. The highest BCUT2D eigenvalue weighted by atomic mass is 32.1. The molecule has 4 rings (SSSR count). The van der Waals surface area contributed by atoms with Gasteiger partial charge in [-0.2, -0.15) is 5.10 Å². The summed E-state index contributed by atoms with van der Waals surface area (Å²) in [4.78, 5) is 26.6. The third-order valence-corrected chi connectivity index (χ3v) is 5.65. The molecule has 0 spiro atoms. The van der Waals surface area contributed by atoms with E-state index in [2.05, 4.69) is 15.5 Å². The highest BCUT2D eigenvalue weighted by Crippen LogP contribution is 2.20. The van der Waals surface area contributed by atoms with Crippen molar-refractivity contribution in [1.82, 2.24) is 25.0 Å². The van der Waals surface area contributed by atoms with Gasteiger partial charge in [0.2, 0.25) is 5.91 Å². The Morgan fingerprint density at radius 3 is 2.48 bits per heavy atom. The highest BCUT2D eigenvalue weighted by Gasteiger charge is 2.23. The zero-order valence-electron chi connectivity index (χ0n) is 17.6. The number of benzene rings is 2. The number of amides is 2. The maximum Gasteiger partial charge on any atom is 0.251 e. The van der Waals surface area contributed by atoms with E-state index in [0.717, 1.165) is 29.5 Å². The third-order valence-electron chi connectivity index (χ3n) is 5.34. The number of carbonyl (C=O) groups excluding carboxylic acids is 2. The van der Waals surface area contributed by atoms with E-state index in [4.69, 9.17) is 12.2 Å². The summed E-state index contributed by atoms with van der Waals surface area (Å²) in [5, 5.41) is 10.1. The predicted octanol–water partition coefficient (Wildman–Crippen LogP) is 3.47. The summed E-state index contributed by atoms with van der Waals surface area (Å²) in [6, 6.07) is 15.6. The van der Waals surface area contributed by atoms with E-state index in [1.807, 2.05) is 43.3 Å². The van der Waals surface area contributed by atoms with E-state index < -0.39 is 0 Å². The minimum Gasteiger partial charge on any atom is -0.349 e. The fourth-order valence-corrected chi connectivity index (χ4v) is 3.46. The van der Waals surface area contributed by atoms with Crippen LogP contribution in [0.2, 0.25) is 0 Å². The summed E-state index contributed by atoms with van der Waals surface area (Å²) in [6.45, 7) is 2.55. The second-order valence-corrected chi connectivity index (χ2v) is 8.39. The molecular formula is C23H25N5O2S. The van der Waals surface area contributed by atoms with Crippen LogP contribution in [0, 0.1) is 11.7 Å². The average Bonchev–Trinajstić information content (AvgIpc) is 3.51. The Labute approximate surface area is 186 Å². The number of H-pyrrole nitrogens is 1. The van der Waals surface area contributed by atoms with Gasteiger partial charge < -0.3 is 10.2 Å². The third kappa shape index (κ3) is 5.08. The van der Waals surface area contributed by atoms with Gasteiger partial charge in [-0.1, -0.05) is 42.0 Å². The van der Waals surface area contributed by atoms with Gasteiger partial charge in [-0.25, -0.2) is 0 Å². The Hall–Kier alpha value is -3.26. The lowest BCUT2D eigenvalue weighted by atomic mass is 10.1. The smallest absolute Gasteiger partial charge is 0.251 e. The zero-order chi connectivity index (χ0) is 22.0. The fourth-order valence-electron chi connectivity index (χ4n) is 3.26. The quantitative estimate of drug-likeness (QED) is 0.557. The molecule has 1 aromatic heterocycles. The molecule has 1 aliphatic carbocycles. The SMILES string of the molecule is Cc1ccc(-c2n[nH]c(=S)n2CC(=O)N(C)Cc2ccc(C(=O)NC3CC3)cc2)cc1. The molecule has 0 atom stereocenters. The van der Waals surface area contributed by atoms with E-state index in [0.29, 0.717) is 28.7 Å². The molecule has 31 heavy (non-hydrogen) atoms. The Morgan fingerprint density at radius 1 is 1.16 bits per heavy atom. The maximum atomic E-state index is 12.9. The number of nitrogens with one attached hydrogen (secondary N) is 2. The topological polar surface area (TPSA) is 83.0 Å². The molecule has 0 radical (unpaired) electrons. The first kappa shape index (κ1) is 21.0. The first-order valence-electron chi connectivity index (χ1n) is 10.3. The van der Waals surface area contributed by atoms with Gasteiger partial charge in [-0.05, 0) is 49.7 Å². The van der Waals surface area contributed by atoms with Crippen molar-refractivity contribution in [2.24, 2.45) is 0 Å². The molecule has 1 fully saturated rings. The van der Waals surface area contributed by atoms with Crippen molar-refractivity contribution in [3.63, 3.8) is 0 Å². The average molecular weight is 436 g/mol. The van der Waals surface area contributed by atoms with Gasteiger partial charge >= 0.3 is 0 Å². The van der Waals surface area contributed by atoms with Gasteiger partial charge in [0.25, 0.3) is 5.91 Å². The van der Waals surface area contributed by atoms with Gasteiger partial charge in [-0.15, -0.1) is 0 Å². The molecule has 3 aromatic rings. The summed E-state index contributed by atoms with van der Waals surface area (Å²) < 4.78 is 2.12. The minimum absolute atomic E-state index is 0.0450. The molecule has 2 amide bonds. The van der Waals surface area contributed by atoms with E-state index in [1.165, 1.54) is 0 Å². The maximum absolute atomic E-state index is 12.9. The van der Waals surface area contributed by atoms with E-state index >= 15 is 0 Å². The van der Waals surface area contributed by atoms with Gasteiger partial charge in [0.1, 0.15) is 6.54 Å². The van der Waals surface area contributed by atoms with Crippen LogP contribution in [-0.4, -0.2) is 44.6 Å². The molecular weight excluding hydrogens is 410 g/mol. The van der Waals surface area contributed by atoms with E-state index in [-0.39, 0.29) is 18.4 Å². The van der Waals surface area contributed by atoms with Crippen LogP contribution in [0.3, 0.4) is 0 Å². The molecule has 7 nitrogen and oxygen atoms in total. The van der Waals surface area contributed by atoms with Crippen molar-refractivity contribution < 1.29 is 9.59 Å². The number of hydrogen-bond donors (Lipinski definition) is 2. The zero-order valence-corrected chi connectivity index (χ0v) is 18.4. The Balaban J connectivity index is 1.41.